The van der Waals surface area contributed by atoms with E-state index >= 15 is 0 Å². The highest BCUT2D eigenvalue weighted by molar-refractivity contribution is 7.90. The van der Waals surface area contributed by atoms with Gasteiger partial charge in [0.1, 0.15) is 0 Å². The second-order valence-corrected chi connectivity index (χ2v) is 17.3. The molecule has 0 spiro atoms. The quantitative estimate of drug-likeness (QED) is 0.227. The van der Waals surface area contributed by atoms with Crippen LogP contribution < -0.4 is 0 Å². The van der Waals surface area contributed by atoms with Crippen LogP contribution in [0.4, 0.5) is 0 Å². The fraction of sp³-hybridized carbons (Fsp3) is 0.275. The highest BCUT2D eigenvalue weighted by Gasteiger charge is 2.27. The maximum atomic E-state index is 13.1. The molecule has 0 radical (unpaired) electrons. The summed E-state index contributed by atoms with van der Waals surface area (Å²) in [5, 5.41) is 1.66. The molecule has 8 rings (SSSR count). The van der Waals surface area contributed by atoms with Crippen molar-refractivity contribution in [1.29, 1.82) is 0 Å². The van der Waals surface area contributed by atoms with E-state index in [9.17, 15) is 21.6 Å². The van der Waals surface area contributed by atoms with Gasteiger partial charge in [-0.3, -0.25) is 9.69 Å². The summed E-state index contributed by atoms with van der Waals surface area (Å²) in [4.78, 5) is 22.3. The molecular formula is C40H44N6O5S2. The van der Waals surface area contributed by atoms with Crippen LogP contribution in [-0.2, 0) is 26.6 Å². The highest BCUT2D eigenvalue weighted by Crippen LogP contribution is 2.29. The van der Waals surface area contributed by atoms with Crippen LogP contribution >= 0.6 is 0 Å². The molecule has 2 aliphatic rings. The Hall–Kier alpha value is -4.79. The fourth-order valence-electron chi connectivity index (χ4n) is 6.90. The Kier molecular flexibility index (Phi) is 10.5. The van der Waals surface area contributed by atoms with Crippen molar-refractivity contribution in [1.82, 2.24) is 27.5 Å². The zero-order chi connectivity index (χ0) is 37.2. The maximum Gasteiger partial charge on any atom is 0.268 e. The lowest BCUT2D eigenvalue weighted by Gasteiger charge is -2.32. The molecule has 276 valence electrons. The Labute approximate surface area is 311 Å². The monoisotopic (exact) mass is 752 g/mol. The van der Waals surface area contributed by atoms with E-state index in [4.69, 9.17) is 0 Å². The van der Waals surface area contributed by atoms with E-state index in [1.165, 1.54) is 14.1 Å². The Balaban J connectivity index is 0.000000164. The summed E-state index contributed by atoms with van der Waals surface area (Å²) in [6.45, 7) is 7.76. The molecular weight excluding hydrogens is 709 g/mol. The summed E-state index contributed by atoms with van der Waals surface area (Å²) in [5.41, 5.74) is 2.73. The molecule has 0 bridgehead atoms. The lowest BCUT2D eigenvalue weighted by molar-refractivity contribution is 0.0666. The molecule has 4 heterocycles. The van der Waals surface area contributed by atoms with Crippen molar-refractivity contribution in [3.8, 4) is 0 Å². The van der Waals surface area contributed by atoms with Crippen LogP contribution in [0.3, 0.4) is 0 Å². The van der Waals surface area contributed by atoms with Crippen molar-refractivity contribution < 1.29 is 21.6 Å². The largest absolute Gasteiger partial charge is 0.336 e. The maximum absolute atomic E-state index is 13.1. The van der Waals surface area contributed by atoms with E-state index in [-0.39, 0.29) is 10.8 Å². The first-order valence-electron chi connectivity index (χ1n) is 17.7. The number of benzene rings is 4. The molecule has 4 aromatic carbocycles. The molecule has 11 nitrogen and oxygen atoms in total. The number of nitrogens with zero attached hydrogens (tertiary/aromatic N) is 6. The van der Waals surface area contributed by atoms with Gasteiger partial charge >= 0.3 is 0 Å². The van der Waals surface area contributed by atoms with Crippen LogP contribution in [0, 0.1) is 0 Å². The summed E-state index contributed by atoms with van der Waals surface area (Å²) < 4.78 is 55.2. The number of carbonyl (C=O) groups is 1. The lowest BCUT2D eigenvalue weighted by Crippen LogP contribution is -2.47. The van der Waals surface area contributed by atoms with Crippen molar-refractivity contribution >= 4 is 47.8 Å². The molecule has 2 aromatic heterocycles. The SMILES string of the molecule is CN1CCN(C(=O)c2cn(S(=O)(=O)c3ccccc3)c3ccccc23)CC1.CN1CCN(Cc2cn(S(=O)(=O)c3ccccc3)c3ccccc23)CC1. The summed E-state index contributed by atoms with van der Waals surface area (Å²) in [6, 6.07) is 31.8. The van der Waals surface area contributed by atoms with Gasteiger partial charge in [0.05, 0.1) is 26.4 Å². The first kappa shape index (κ1) is 36.6. The fourth-order valence-corrected chi connectivity index (χ4v) is 9.70. The summed E-state index contributed by atoms with van der Waals surface area (Å²) >= 11 is 0. The van der Waals surface area contributed by atoms with Crippen LogP contribution in [0.25, 0.3) is 21.8 Å². The van der Waals surface area contributed by atoms with Gasteiger partial charge in [0, 0.05) is 82.1 Å². The third kappa shape index (κ3) is 7.53. The Morgan fingerprint density at radius 3 is 1.51 bits per heavy atom. The Morgan fingerprint density at radius 1 is 0.528 bits per heavy atom. The van der Waals surface area contributed by atoms with Gasteiger partial charge in [-0.2, -0.15) is 0 Å². The summed E-state index contributed by atoms with van der Waals surface area (Å²) in [6.07, 6.45) is 3.26. The van der Waals surface area contributed by atoms with Gasteiger partial charge in [0.15, 0.2) is 0 Å². The first-order valence-corrected chi connectivity index (χ1v) is 20.6. The second-order valence-electron chi connectivity index (χ2n) is 13.6. The van der Waals surface area contributed by atoms with E-state index in [2.05, 4.69) is 21.7 Å². The van der Waals surface area contributed by atoms with E-state index in [0.717, 1.165) is 62.3 Å². The number of hydrogen-bond acceptors (Lipinski definition) is 8. The van der Waals surface area contributed by atoms with Crippen molar-refractivity contribution in [3.63, 3.8) is 0 Å². The molecule has 0 atom stereocenters. The summed E-state index contributed by atoms with van der Waals surface area (Å²) in [7, 11) is -3.22. The predicted molar refractivity (Wildman–Crippen MR) is 208 cm³/mol. The molecule has 53 heavy (non-hydrogen) atoms. The van der Waals surface area contributed by atoms with Crippen molar-refractivity contribution in [2.75, 3.05) is 66.5 Å². The number of fused-ring (bicyclic) bond motifs is 2. The molecule has 13 heteroatoms. The standard InChI is InChI=1S/C20H21N3O3S.C20H23N3O2S/c1-21-11-13-22(14-12-21)20(24)18-15-23(19-10-6-5-9-17(18)19)27(25,26)16-7-3-2-4-8-16;1-21-11-13-22(14-12-21)15-17-16-23(20-10-6-5-9-19(17)20)26(24,25)18-7-3-2-4-8-18/h2-10,15H,11-14H2,1H3;2-10,16H,11-15H2,1H3. The van der Waals surface area contributed by atoms with Gasteiger partial charge in [-0.05, 0) is 56.1 Å². The average Bonchev–Trinajstić information content (AvgIpc) is 3.77. The molecule has 0 saturated carbocycles. The van der Waals surface area contributed by atoms with Crippen LogP contribution in [-0.4, -0.2) is 117 Å². The van der Waals surface area contributed by atoms with Crippen molar-refractivity contribution in [2.24, 2.45) is 0 Å². The lowest BCUT2D eigenvalue weighted by atomic mass is 10.1. The normalized spacial score (nSPS) is 16.5. The third-order valence-electron chi connectivity index (χ3n) is 10.0. The van der Waals surface area contributed by atoms with Crippen LogP contribution in [0.5, 0.6) is 0 Å². The molecule has 1 amide bonds. The number of likely N-dealkylation sites (N-methyl/N-ethyl adjacent to an activating group) is 2. The van der Waals surface area contributed by atoms with E-state index < -0.39 is 20.0 Å². The van der Waals surface area contributed by atoms with Crippen LogP contribution in [0.15, 0.2) is 131 Å². The smallest absolute Gasteiger partial charge is 0.268 e. The number of aromatic nitrogens is 2. The van der Waals surface area contributed by atoms with Gasteiger partial charge < -0.3 is 14.7 Å². The minimum atomic E-state index is -3.78. The van der Waals surface area contributed by atoms with Gasteiger partial charge in [0.25, 0.3) is 26.0 Å². The zero-order valence-corrected chi connectivity index (χ0v) is 31.6. The molecule has 0 aliphatic carbocycles. The zero-order valence-electron chi connectivity index (χ0n) is 30.0. The van der Waals surface area contributed by atoms with Crippen molar-refractivity contribution in [2.45, 2.75) is 16.3 Å². The average molecular weight is 753 g/mol. The number of piperazine rings is 2. The first-order chi connectivity index (χ1) is 25.5. The predicted octanol–water partition coefficient (Wildman–Crippen LogP) is 4.89. The third-order valence-corrected chi connectivity index (χ3v) is 13.4. The topological polar surface area (TPSA) is 108 Å². The number of hydrogen-bond donors (Lipinski definition) is 0. The molecule has 0 unspecified atom stereocenters. The van der Waals surface area contributed by atoms with Gasteiger partial charge in [0.2, 0.25) is 0 Å². The number of rotatable bonds is 7. The highest BCUT2D eigenvalue weighted by atomic mass is 32.2. The van der Waals surface area contributed by atoms with Crippen molar-refractivity contribution in [3.05, 3.63) is 133 Å². The number of amides is 1. The van der Waals surface area contributed by atoms with E-state index in [1.807, 2.05) is 43.4 Å². The van der Waals surface area contributed by atoms with Crippen LogP contribution in [0.2, 0.25) is 0 Å². The molecule has 2 fully saturated rings. The second kappa shape index (κ2) is 15.3. The molecule has 2 aliphatic heterocycles. The Bertz CT molecular complexity index is 2430. The Morgan fingerprint density at radius 2 is 0.962 bits per heavy atom. The minimum absolute atomic E-state index is 0.124. The van der Waals surface area contributed by atoms with Crippen LogP contribution in [0.1, 0.15) is 15.9 Å². The molecule has 2 saturated heterocycles. The minimum Gasteiger partial charge on any atom is -0.336 e. The number of carbonyl (C=O) groups excluding carboxylic acids is 1. The summed E-state index contributed by atoms with van der Waals surface area (Å²) in [5.74, 6) is -0.124. The molecule has 6 aromatic rings. The van der Waals surface area contributed by atoms with E-state index in [1.54, 1.807) is 83.9 Å². The molecule has 0 N–H and O–H groups in total. The van der Waals surface area contributed by atoms with E-state index in [0.29, 0.717) is 34.5 Å². The van der Waals surface area contributed by atoms with Gasteiger partial charge in [-0.1, -0.05) is 72.8 Å². The van der Waals surface area contributed by atoms with Gasteiger partial charge in [-0.25, -0.2) is 24.8 Å². The van der Waals surface area contributed by atoms with Gasteiger partial charge in [-0.15, -0.1) is 0 Å². The number of para-hydroxylation sites is 2.